The predicted molar refractivity (Wildman–Crippen MR) is 42.4 cm³/mol. The zero-order chi connectivity index (χ0) is 10.6. The van der Waals surface area contributed by atoms with Crippen molar-refractivity contribution in [1.82, 2.24) is 0 Å². The van der Waals surface area contributed by atoms with Crippen LogP contribution in [0.5, 0.6) is 0 Å². The van der Waals surface area contributed by atoms with Gasteiger partial charge >= 0.3 is 22.9 Å². The molecule has 0 radical (unpaired) electrons. The van der Waals surface area contributed by atoms with Crippen molar-refractivity contribution < 1.29 is 27.3 Å². The largest absolute Gasteiger partial charge is 0.478 e. The molecule has 0 atom stereocenters. The Hall–Kier alpha value is -1.37. The highest BCUT2D eigenvalue weighted by atomic mass is 32.2. The number of carbonyl (C=O) groups excluding carboxylic acids is 1. The Morgan fingerprint density at radius 3 is 1.92 bits per heavy atom. The van der Waals surface area contributed by atoms with Crippen LogP contribution in [0.2, 0.25) is 0 Å². The van der Waals surface area contributed by atoms with E-state index in [4.69, 9.17) is 5.11 Å². The molecule has 0 aliphatic carbocycles. The zero-order valence-electron chi connectivity index (χ0n) is 6.94. The Balaban J connectivity index is 4.78. The molecule has 0 rings (SSSR count). The summed E-state index contributed by atoms with van der Waals surface area (Å²) in [7, 11) is -3.29. The number of thiol groups is 1. The highest BCUT2D eigenvalue weighted by molar-refractivity contribution is 7.67. The van der Waals surface area contributed by atoms with Gasteiger partial charge in [0.25, 0.3) is 0 Å². The maximum absolute atomic E-state index is 10.8. The number of aliphatic carboxylic acids is 1. The molecule has 0 fully saturated rings. The number of carboxylic acids is 1. The summed E-state index contributed by atoms with van der Waals surface area (Å²) in [6.07, 6.45) is 0. The van der Waals surface area contributed by atoms with E-state index in [2.05, 4.69) is 4.18 Å². The second-order valence-electron chi connectivity index (χ2n) is 2.16. The van der Waals surface area contributed by atoms with E-state index in [9.17, 15) is 18.0 Å². The van der Waals surface area contributed by atoms with Crippen LogP contribution in [0.25, 0.3) is 0 Å². The number of hydrogen-bond donors (Lipinski definition) is 2. The maximum atomic E-state index is 10.8. The summed E-state index contributed by atoms with van der Waals surface area (Å²) in [6.45, 7) is 2.35. The lowest BCUT2D eigenvalue weighted by Gasteiger charge is -1.99. The van der Waals surface area contributed by atoms with E-state index in [0.717, 1.165) is 0 Å². The highest BCUT2D eigenvalue weighted by Gasteiger charge is 2.14. The summed E-state index contributed by atoms with van der Waals surface area (Å²) in [5.41, 5.74) is -0.492. The fourth-order valence-corrected chi connectivity index (χ4v) is 0.722. The molecule has 0 heterocycles. The molecule has 7 heteroatoms. The molecule has 0 bridgehead atoms. The van der Waals surface area contributed by atoms with Crippen LogP contribution in [0.15, 0.2) is 11.1 Å². The second-order valence-corrected chi connectivity index (χ2v) is 2.79. The molecule has 0 saturated carbocycles. The van der Waals surface area contributed by atoms with Gasteiger partial charge in [0.05, 0.1) is 0 Å². The van der Waals surface area contributed by atoms with Crippen molar-refractivity contribution in [2.75, 3.05) is 0 Å². The molecule has 0 unspecified atom stereocenters. The molecule has 74 valence electrons. The van der Waals surface area contributed by atoms with Crippen LogP contribution in [-0.2, 0) is 24.8 Å². The van der Waals surface area contributed by atoms with Crippen LogP contribution in [0.4, 0.5) is 0 Å². The van der Waals surface area contributed by atoms with Gasteiger partial charge in [-0.3, -0.25) is 0 Å². The third kappa shape index (κ3) is 3.70. The first-order valence-corrected chi connectivity index (χ1v) is 4.23. The van der Waals surface area contributed by atoms with Crippen LogP contribution >= 0.6 is 0 Å². The normalized spacial score (nSPS) is 12.2. The summed E-state index contributed by atoms with van der Waals surface area (Å²) >= 11 is 0. The van der Waals surface area contributed by atoms with Gasteiger partial charge in [-0.25, -0.2) is 9.59 Å². The Morgan fingerprint density at radius 1 is 1.15 bits per heavy atom. The van der Waals surface area contributed by atoms with Crippen molar-refractivity contribution in [3.05, 3.63) is 11.1 Å². The van der Waals surface area contributed by atoms with Crippen LogP contribution in [0.3, 0.4) is 0 Å². The van der Waals surface area contributed by atoms with Crippen LogP contribution < -0.4 is 0 Å². The fourth-order valence-electron chi connectivity index (χ4n) is 0.450. The van der Waals surface area contributed by atoms with Gasteiger partial charge in [0, 0.05) is 11.1 Å². The lowest BCUT2D eigenvalue weighted by molar-refractivity contribution is -0.134. The van der Waals surface area contributed by atoms with Crippen molar-refractivity contribution in [1.29, 1.82) is 0 Å². The predicted octanol–water partition coefficient (Wildman–Crippen LogP) is -0.523. The summed E-state index contributed by atoms with van der Waals surface area (Å²) in [6, 6.07) is 0. The van der Waals surface area contributed by atoms with Crippen LogP contribution in [-0.4, -0.2) is 25.5 Å². The zero-order valence-corrected chi connectivity index (χ0v) is 7.83. The van der Waals surface area contributed by atoms with E-state index in [1.165, 1.54) is 13.8 Å². The maximum Gasteiger partial charge on any atom is 0.349 e. The van der Waals surface area contributed by atoms with Gasteiger partial charge in [0.15, 0.2) is 0 Å². The van der Waals surface area contributed by atoms with E-state index >= 15 is 0 Å². The Labute approximate surface area is 76.0 Å². The summed E-state index contributed by atoms with van der Waals surface area (Å²) < 4.78 is 23.6. The molecule has 1 N–H and O–H groups in total. The minimum Gasteiger partial charge on any atom is -0.478 e. The molecular weight excluding hydrogens is 200 g/mol. The second kappa shape index (κ2) is 4.61. The fraction of sp³-hybridized carbons (Fsp3) is 0.333. The lowest BCUT2D eigenvalue weighted by atomic mass is 10.1. The molecule has 0 aromatic rings. The van der Waals surface area contributed by atoms with E-state index in [-0.39, 0.29) is 11.1 Å². The third-order valence-corrected chi connectivity index (χ3v) is 1.66. The smallest absolute Gasteiger partial charge is 0.349 e. The molecule has 0 saturated heterocycles. The first kappa shape index (κ1) is 11.6. The quantitative estimate of drug-likeness (QED) is 0.478. The standard InChI is InChI=1S/C6H8O6S/c1-3(5(7)8)4(2)6(9)12-13(10)11/h13H,1-2H3,(H,7,8)/b4-3+. The van der Waals surface area contributed by atoms with Crippen molar-refractivity contribution in [3.63, 3.8) is 0 Å². The minimum absolute atomic E-state index is 0.244. The van der Waals surface area contributed by atoms with Gasteiger partial charge in [-0.2, -0.15) is 8.42 Å². The molecule has 0 spiro atoms. The minimum atomic E-state index is -3.29. The van der Waals surface area contributed by atoms with Crippen molar-refractivity contribution in [2.24, 2.45) is 0 Å². The van der Waals surface area contributed by atoms with E-state index < -0.39 is 22.9 Å². The van der Waals surface area contributed by atoms with Crippen LogP contribution in [0.1, 0.15) is 13.8 Å². The Morgan fingerprint density at radius 2 is 1.62 bits per heavy atom. The third-order valence-electron chi connectivity index (χ3n) is 1.35. The van der Waals surface area contributed by atoms with Crippen LogP contribution in [0, 0.1) is 0 Å². The average molecular weight is 208 g/mol. The summed E-state index contributed by atoms with van der Waals surface area (Å²) in [5.74, 6) is -2.47. The number of rotatable bonds is 3. The topological polar surface area (TPSA) is 97.7 Å². The van der Waals surface area contributed by atoms with E-state index in [1.807, 2.05) is 0 Å². The summed E-state index contributed by atoms with van der Waals surface area (Å²) in [4.78, 5) is 21.1. The Bertz CT molecular complexity index is 329. The molecule has 0 amide bonds. The van der Waals surface area contributed by atoms with E-state index in [1.54, 1.807) is 0 Å². The van der Waals surface area contributed by atoms with Gasteiger partial charge in [0.2, 0.25) is 0 Å². The highest BCUT2D eigenvalue weighted by Crippen LogP contribution is 2.05. The van der Waals surface area contributed by atoms with Gasteiger partial charge in [-0.15, -0.1) is 0 Å². The number of carbonyl (C=O) groups is 2. The molecule has 0 aliphatic rings. The first-order chi connectivity index (χ1) is 5.86. The molecule has 6 nitrogen and oxygen atoms in total. The lowest BCUT2D eigenvalue weighted by Crippen LogP contribution is -2.10. The monoisotopic (exact) mass is 208 g/mol. The van der Waals surface area contributed by atoms with E-state index in [0.29, 0.717) is 0 Å². The number of carboxylic acid groups (broad SMARTS) is 1. The van der Waals surface area contributed by atoms with Gasteiger partial charge < -0.3 is 9.29 Å². The molecule has 13 heavy (non-hydrogen) atoms. The molecule has 0 aliphatic heterocycles. The van der Waals surface area contributed by atoms with Crippen molar-refractivity contribution in [3.8, 4) is 0 Å². The average Bonchev–Trinajstić information content (AvgIpc) is 2.00. The van der Waals surface area contributed by atoms with Gasteiger partial charge in [-0.05, 0) is 13.8 Å². The molecule has 0 aromatic heterocycles. The first-order valence-electron chi connectivity index (χ1n) is 3.13. The van der Waals surface area contributed by atoms with Crippen molar-refractivity contribution >= 4 is 22.9 Å². The molecule has 0 aromatic carbocycles. The van der Waals surface area contributed by atoms with Gasteiger partial charge in [0.1, 0.15) is 0 Å². The summed E-state index contributed by atoms with van der Waals surface area (Å²) in [5, 5.41) is 8.42. The Kier molecular flexibility index (Phi) is 4.12. The molecular formula is C6H8O6S. The number of hydrogen-bond acceptors (Lipinski definition) is 5. The van der Waals surface area contributed by atoms with Gasteiger partial charge in [-0.1, -0.05) is 0 Å². The SMILES string of the molecule is C/C(C(=O)O)=C(/C)C(=O)O[SH](=O)=O. The van der Waals surface area contributed by atoms with Crippen molar-refractivity contribution in [2.45, 2.75) is 13.8 Å².